The zero-order valence-electron chi connectivity index (χ0n) is 12.4. The van der Waals surface area contributed by atoms with Crippen LogP contribution in [0.1, 0.15) is 32.3 Å². The smallest absolute Gasteiger partial charge is 0.243 e. The Hall–Kier alpha value is -1.35. The molecule has 0 aliphatic carbocycles. The van der Waals surface area contributed by atoms with E-state index in [1.54, 1.807) is 28.6 Å². The molecule has 0 spiro atoms. The van der Waals surface area contributed by atoms with Gasteiger partial charge in [0.15, 0.2) is 0 Å². The van der Waals surface area contributed by atoms with Crippen molar-refractivity contribution in [3.8, 4) is 11.8 Å². The fraction of sp³-hybridized carbons (Fsp3) is 0.500. The Morgan fingerprint density at radius 3 is 2.48 bits per heavy atom. The van der Waals surface area contributed by atoms with E-state index in [-0.39, 0.29) is 12.6 Å². The first kappa shape index (κ1) is 16.0. The second-order valence-corrected chi connectivity index (χ2v) is 7.45. The lowest BCUT2D eigenvalue weighted by Gasteiger charge is -2.20. The summed E-state index contributed by atoms with van der Waals surface area (Å²) < 4.78 is 26.8. The Labute approximate surface area is 126 Å². The van der Waals surface area contributed by atoms with Gasteiger partial charge in [0, 0.05) is 24.6 Å². The number of rotatable bonds is 3. The number of benzene rings is 1. The van der Waals surface area contributed by atoms with Crippen molar-refractivity contribution in [2.45, 2.75) is 37.6 Å². The first-order valence-corrected chi connectivity index (χ1v) is 8.61. The molecule has 21 heavy (non-hydrogen) atoms. The average Bonchev–Trinajstić information content (AvgIpc) is 2.79. The molecule has 2 atom stereocenters. The van der Waals surface area contributed by atoms with Crippen molar-refractivity contribution in [1.82, 2.24) is 4.31 Å². The molecule has 0 saturated carbocycles. The van der Waals surface area contributed by atoms with Gasteiger partial charge in [-0.05, 0) is 43.5 Å². The van der Waals surface area contributed by atoms with E-state index in [0.717, 1.165) is 12.0 Å². The molecule has 1 N–H and O–H groups in total. The molecule has 1 saturated heterocycles. The molecule has 1 aliphatic heterocycles. The fourth-order valence-corrected chi connectivity index (χ4v) is 4.42. The van der Waals surface area contributed by atoms with Crippen molar-refractivity contribution < 1.29 is 13.5 Å². The summed E-state index contributed by atoms with van der Waals surface area (Å²) in [6, 6.07) is 6.68. The zero-order chi connectivity index (χ0) is 15.5. The van der Waals surface area contributed by atoms with Gasteiger partial charge in [-0.3, -0.25) is 0 Å². The molecular formula is C16H21NO3S. The van der Waals surface area contributed by atoms with Crippen LogP contribution in [-0.4, -0.2) is 37.0 Å². The molecule has 1 fully saturated rings. The molecule has 1 aliphatic rings. The molecule has 1 aromatic rings. The predicted molar refractivity (Wildman–Crippen MR) is 82.2 cm³/mol. The molecule has 5 heteroatoms. The molecule has 0 aromatic heterocycles. The lowest BCUT2D eigenvalue weighted by molar-refractivity contribution is 0.305. The molecule has 114 valence electrons. The number of nitrogens with zero attached hydrogens (tertiary/aromatic N) is 1. The van der Waals surface area contributed by atoms with Crippen LogP contribution < -0.4 is 0 Å². The second-order valence-electron chi connectivity index (χ2n) is 5.56. The van der Waals surface area contributed by atoms with E-state index in [1.165, 1.54) is 0 Å². The van der Waals surface area contributed by atoms with Crippen molar-refractivity contribution in [2.24, 2.45) is 5.92 Å². The quantitative estimate of drug-likeness (QED) is 0.867. The minimum Gasteiger partial charge on any atom is -0.395 e. The van der Waals surface area contributed by atoms with E-state index in [1.807, 2.05) is 6.92 Å². The fourth-order valence-electron chi connectivity index (χ4n) is 2.66. The van der Waals surface area contributed by atoms with Crippen LogP contribution in [0.3, 0.4) is 0 Å². The standard InChI is InChI=1S/C16H21NO3S/c1-13-11-14(2)17(12-13)21(19,20)16-8-6-15(7-9-16)5-3-4-10-18/h6-9,13-14,18H,4,10-12H2,1-2H3. The first-order valence-electron chi connectivity index (χ1n) is 7.17. The van der Waals surface area contributed by atoms with E-state index in [0.29, 0.717) is 23.8 Å². The summed E-state index contributed by atoms with van der Waals surface area (Å²) >= 11 is 0. The summed E-state index contributed by atoms with van der Waals surface area (Å²) in [5.41, 5.74) is 0.755. The molecular weight excluding hydrogens is 286 g/mol. The summed E-state index contributed by atoms with van der Waals surface area (Å²) in [6.45, 7) is 4.65. The van der Waals surface area contributed by atoms with Crippen LogP contribution in [0, 0.1) is 17.8 Å². The van der Waals surface area contributed by atoms with Gasteiger partial charge in [-0.2, -0.15) is 4.31 Å². The van der Waals surface area contributed by atoms with Crippen molar-refractivity contribution in [3.05, 3.63) is 29.8 Å². The predicted octanol–water partition coefficient (Wildman–Crippen LogP) is 1.84. The highest BCUT2D eigenvalue weighted by atomic mass is 32.2. The molecule has 0 bridgehead atoms. The minimum atomic E-state index is -3.42. The zero-order valence-corrected chi connectivity index (χ0v) is 13.2. The van der Waals surface area contributed by atoms with Gasteiger partial charge < -0.3 is 5.11 Å². The average molecular weight is 307 g/mol. The summed E-state index contributed by atoms with van der Waals surface area (Å²) in [5, 5.41) is 8.68. The maximum absolute atomic E-state index is 12.6. The topological polar surface area (TPSA) is 57.6 Å². The third-order valence-corrected chi connectivity index (χ3v) is 5.65. The van der Waals surface area contributed by atoms with Crippen LogP contribution in [0.5, 0.6) is 0 Å². The molecule has 0 radical (unpaired) electrons. The Kier molecular flexibility index (Phi) is 5.04. The number of hydrogen-bond donors (Lipinski definition) is 1. The Morgan fingerprint density at radius 1 is 1.29 bits per heavy atom. The molecule has 1 aromatic carbocycles. The van der Waals surface area contributed by atoms with Gasteiger partial charge >= 0.3 is 0 Å². The molecule has 0 amide bonds. The normalized spacial score (nSPS) is 22.8. The lowest BCUT2D eigenvalue weighted by atomic mass is 10.1. The SMILES string of the molecule is CC1CC(C)N(S(=O)(=O)c2ccc(C#CCCO)cc2)C1. The summed E-state index contributed by atoms with van der Waals surface area (Å²) in [4.78, 5) is 0.316. The molecule has 2 rings (SSSR count). The van der Waals surface area contributed by atoms with Crippen molar-refractivity contribution in [3.63, 3.8) is 0 Å². The van der Waals surface area contributed by atoms with E-state index in [2.05, 4.69) is 18.8 Å². The summed E-state index contributed by atoms with van der Waals surface area (Å²) in [5.74, 6) is 6.11. The van der Waals surface area contributed by atoms with Crippen molar-refractivity contribution >= 4 is 10.0 Å². The van der Waals surface area contributed by atoms with Crippen LogP contribution in [0.2, 0.25) is 0 Å². The maximum atomic E-state index is 12.6. The third-order valence-electron chi connectivity index (χ3n) is 3.66. The van der Waals surface area contributed by atoms with E-state index in [9.17, 15) is 8.42 Å². The van der Waals surface area contributed by atoms with E-state index >= 15 is 0 Å². The number of aliphatic hydroxyl groups excluding tert-OH is 1. The van der Waals surface area contributed by atoms with Crippen LogP contribution in [0.4, 0.5) is 0 Å². The van der Waals surface area contributed by atoms with Gasteiger partial charge in [0.1, 0.15) is 0 Å². The lowest BCUT2D eigenvalue weighted by Crippen LogP contribution is -2.33. The largest absolute Gasteiger partial charge is 0.395 e. The Bertz CT molecular complexity index is 640. The number of sulfonamides is 1. The highest BCUT2D eigenvalue weighted by Crippen LogP contribution is 2.29. The first-order chi connectivity index (χ1) is 9.95. The van der Waals surface area contributed by atoms with Gasteiger partial charge in [0.25, 0.3) is 0 Å². The molecule has 4 nitrogen and oxygen atoms in total. The van der Waals surface area contributed by atoms with Gasteiger partial charge in [-0.1, -0.05) is 18.8 Å². The third kappa shape index (κ3) is 3.65. The molecule has 1 heterocycles. The van der Waals surface area contributed by atoms with Gasteiger partial charge in [-0.15, -0.1) is 0 Å². The summed E-state index contributed by atoms with van der Waals surface area (Å²) in [7, 11) is -3.42. The second kappa shape index (κ2) is 6.61. The van der Waals surface area contributed by atoms with Crippen LogP contribution in [-0.2, 0) is 10.0 Å². The van der Waals surface area contributed by atoms with Crippen molar-refractivity contribution in [2.75, 3.05) is 13.2 Å². The number of hydrogen-bond acceptors (Lipinski definition) is 3. The van der Waals surface area contributed by atoms with Gasteiger partial charge in [-0.25, -0.2) is 8.42 Å². The Balaban J connectivity index is 2.20. The van der Waals surface area contributed by atoms with Gasteiger partial charge in [0.2, 0.25) is 10.0 Å². The minimum absolute atomic E-state index is 0.0322. The monoisotopic (exact) mass is 307 g/mol. The van der Waals surface area contributed by atoms with Crippen LogP contribution in [0.25, 0.3) is 0 Å². The van der Waals surface area contributed by atoms with Crippen LogP contribution in [0.15, 0.2) is 29.2 Å². The number of aliphatic hydroxyl groups is 1. The summed E-state index contributed by atoms with van der Waals surface area (Å²) in [6.07, 6.45) is 1.33. The van der Waals surface area contributed by atoms with Gasteiger partial charge in [0.05, 0.1) is 11.5 Å². The highest BCUT2D eigenvalue weighted by molar-refractivity contribution is 7.89. The Morgan fingerprint density at radius 2 is 1.95 bits per heavy atom. The van der Waals surface area contributed by atoms with Crippen LogP contribution >= 0.6 is 0 Å². The highest BCUT2D eigenvalue weighted by Gasteiger charge is 2.35. The van der Waals surface area contributed by atoms with Crippen molar-refractivity contribution in [1.29, 1.82) is 0 Å². The van der Waals surface area contributed by atoms with E-state index in [4.69, 9.17) is 5.11 Å². The maximum Gasteiger partial charge on any atom is 0.243 e. The van der Waals surface area contributed by atoms with E-state index < -0.39 is 10.0 Å². The molecule has 2 unspecified atom stereocenters.